The summed E-state index contributed by atoms with van der Waals surface area (Å²) >= 11 is 0. The number of anilines is 1. The van der Waals surface area contributed by atoms with Gasteiger partial charge in [0.1, 0.15) is 5.69 Å². The van der Waals surface area contributed by atoms with Crippen LogP contribution in [-0.4, -0.2) is 19.9 Å². The number of nitrogen functional groups attached to an aromatic ring is 1. The third-order valence-corrected chi connectivity index (χ3v) is 4.77. The van der Waals surface area contributed by atoms with E-state index >= 15 is 0 Å². The lowest BCUT2D eigenvalue weighted by Gasteiger charge is -2.08. The first-order valence-electron chi connectivity index (χ1n) is 6.44. The van der Waals surface area contributed by atoms with Crippen LogP contribution >= 0.6 is 0 Å². The lowest BCUT2D eigenvalue weighted by molar-refractivity contribution is -0.386. The van der Waals surface area contributed by atoms with E-state index in [1.165, 1.54) is 31.0 Å². The molecular formula is C12H17N3O4S. The van der Waals surface area contributed by atoms with Gasteiger partial charge < -0.3 is 5.73 Å². The Morgan fingerprint density at radius 2 is 2.10 bits per heavy atom. The van der Waals surface area contributed by atoms with Crippen molar-refractivity contribution in [1.82, 2.24) is 4.72 Å². The fraction of sp³-hybridized carbons (Fsp3) is 0.500. The van der Waals surface area contributed by atoms with Crippen LogP contribution in [0.25, 0.3) is 0 Å². The minimum atomic E-state index is -3.91. The molecule has 1 saturated carbocycles. The fourth-order valence-electron chi connectivity index (χ4n) is 2.03. The van der Waals surface area contributed by atoms with Gasteiger partial charge in [0.2, 0.25) is 10.0 Å². The molecule has 20 heavy (non-hydrogen) atoms. The number of nitrogens with zero attached hydrogens (tertiary/aromatic N) is 1. The van der Waals surface area contributed by atoms with Crippen molar-refractivity contribution in [1.29, 1.82) is 0 Å². The first kappa shape index (κ1) is 14.7. The summed E-state index contributed by atoms with van der Waals surface area (Å²) in [7, 11) is -3.91. The Labute approximate surface area is 117 Å². The zero-order valence-corrected chi connectivity index (χ0v) is 11.7. The summed E-state index contributed by atoms with van der Waals surface area (Å²) < 4.78 is 26.6. The van der Waals surface area contributed by atoms with Crippen molar-refractivity contribution in [3.05, 3.63) is 28.3 Å². The Morgan fingerprint density at radius 3 is 2.70 bits per heavy atom. The molecule has 3 N–H and O–H groups in total. The van der Waals surface area contributed by atoms with Crippen LogP contribution in [0, 0.1) is 16.0 Å². The average molecular weight is 299 g/mol. The van der Waals surface area contributed by atoms with Gasteiger partial charge in [0, 0.05) is 6.54 Å². The van der Waals surface area contributed by atoms with Crippen molar-refractivity contribution in [2.24, 2.45) is 5.92 Å². The molecule has 0 unspecified atom stereocenters. The molecule has 0 atom stereocenters. The maximum atomic E-state index is 12.1. The molecule has 1 aromatic carbocycles. The number of nitrogens with one attached hydrogen (secondary N) is 1. The molecule has 2 rings (SSSR count). The summed E-state index contributed by atoms with van der Waals surface area (Å²) in [6, 6.07) is 3.89. The van der Waals surface area contributed by atoms with Crippen molar-refractivity contribution < 1.29 is 13.3 Å². The van der Waals surface area contributed by atoms with Gasteiger partial charge in [-0.15, -0.1) is 0 Å². The molecule has 7 nitrogen and oxygen atoms in total. The van der Waals surface area contributed by atoms with Crippen LogP contribution in [0.2, 0.25) is 0 Å². The van der Waals surface area contributed by atoms with Crippen LogP contribution in [0.4, 0.5) is 11.4 Å². The minimum Gasteiger partial charge on any atom is -0.393 e. The Bertz CT molecular complexity index is 611. The normalized spacial score (nSPS) is 15.2. The van der Waals surface area contributed by atoms with E-state index in [2.05, 4.69) is 4.72 Å². The second-order valence-corrected chi connectivity index (χ2v) is 6.67. The summed E-state index contributed by atoms with van der Waals surface area (Å²) in [5.74, 6) is 0.723. The Hall–Kier alpha value is -1.67. The van der Waals surface area contributed by atoms with Gasteiger partial charge in [-0.3, -0.25) is 10.1 Å². The molecule has 0 radical (unpaired) electrons. The quantitative estimate of drug-likeness (QED) is 0.344. The van der Waals surface area contributed by atoms with Crippen LogP contribution in [0.3, 0.4) is 0 Å². The van der Waals surface area contributed by atoms with E-state index in [1.807, 2.05) is 0 Å². The van der Waals surface area contributed by atoms with Gasteiger partial charge in [0.15, 0.2) is 4.90 Å². The number of rotatable bonds is 7. The van der Waals surface area contributed by atoms with Crippen LogP contribution in [0.5, 0.6) is 0 Å². The molecule has 0 amide bonds. The molecule has 0 spiro atoms. The second-order valence-electron chi connectivity index (χ2n) is 4.93. The first-order valence-corrected chi connectivity index (χ1v) is 7.92. The number of para-hydroxylation sites is 1. The van der Waals surface area contributed by atoms with Crippen molar-refractivity contribution in [2.75, 3.05) is 12.3 Å². The Kier molecular flexibility index (Phi) is 4.24. The predicted octanol–water partition coefficient (Wildman–Crippen LogP) is 1.65. The van der Waals surface area contributed by atoms with E-state index < -0.39 is 20.6 Å². The number of hydrogen-bond acceptors (Lipinski definition) is 5. The summed E-state index contributed by atoms with van der Waals surface area (Å²) in [6.45, 7) is 0.283. The van der Waals surface area contributed by atoms with E-state index in [0.717, 1.165) is 18.8 Å². The highest BCUT2D eigenvalue weighted by atomic mass is 32.2. The van der Waals surface area contributed by atoms with E-state index in [0.29, 0.717) is 0 Å². The summed E-state index contributed by atoms with van der Waals surface area (Å²) in [5, 5.41) is 11.0. The molecule has 0 heterocycles. The molecule has 0 aliphatic heterocycles. The number of hydrogen-bond donors (Lipinski definition) is 2. The third-order valence-electron chi connectivity index (χ3n) is 3.28. The topological polar surface area (TPSA) is 115 Å². The van der Waals surface area contributed by atoms with Gasteiger partial charge in [-0.05, 0) is 30.9 Å². The molecule has 0 saturated heterocycles. The van der Waals surface area contributed by atoms with Gasteiger partial charge in [0.25, 0.3) is 0 Å². The van der Waals surface area contributed by atoms with E-state index in [1.54, 1.807) is 0 Å². The molecule has 1 aromatic rings. The zero-order chi connectivity index (χ0) is 14.8. The van der Waals surface area contributed by atoms with Crippen LogP contribution in [0.15, 0.2) is 23.1 Å². The molecule has 110 valence electrons. The second kappa shape index (κ2) is 5.76. The number of nitrogens with two attached hydrogens (primary N) is 1. The lowest BCUT2D eigenvalue weighted by atomic mass is 10.2. The summed E-state index contributed by atoms with van der Waals surface area (Å²) in [6.07, 6.45) is 4.16. The highest BCUT2D eigenvalue weighted by molar-refractivity contribution is 7.89. The first-order chi connectivity index (χ1) is 9.42. The van der Waals surface area contributed by atoms with E-state index in [4.69, 9.17) is 5.73 Å². The lowest BCUT2D eigenvalue weighted by Crippen LogP contribution is -2.25. The smallest absolute Gasteiger partial charge is 0.312 e. The monoisotopic (exact) mass is 299 g/mol. The van der Waals surface area contributed by atoms with Gasteiger partial charge in [0.05, 0.1) is 4.92 Å². The molecule has 1 aliphatic carbocycles. The van der Waals surface area contributed by atoms with Gasteiger partial charge in [-0.1, -0.05) is 18.9 Å². The highest BCUT2D eigenvalue weighted by Gasteiger charge is 2.28. The van der Waals surface area contributed by atoms with Crippen molar-refractivity contribution in [3.63, 3.8) is 0 Å². The maximum absolute atomic E-state index is 12.1. The van der Waals surface area contributed by atoms with E-state index in [9.17, 15) is 18.5 Å². The largest absolute Gasteiger partial charge is 0.393 e. The van der Waals surface area contributed by atoms with Gasteiger partial charge in [-0.2, -0.15) is 0 Å². The number of benzene rings is 1. The Morgan fingerprint density at radius 1 is 1.40 bits per heavy atom. The predicted molar refractivity (Wildman–Crippen MR) is 74.7 cm³/mol. The van der Waals surface area contributed by atoms with Crippen LogP contribution in [-0.2, 0) is 10.0 Å². The number of nitro groups is 1. The summed E-state index contributed by atoms with van der Waals surface area (Å²) in [5.41, 5.74) is 4.76. The SMILES string of the molecule is Nc1cccc(S(=O)(=O)NCCCC2CC2)c1[N+](=O)[O-]. The molecular weight excluding hydrogens is 282 g/mol. The molecule has 0 bridgehead atoms. The van der Waals surface area contributed by atoms with Gasteiger partial charge in [-0.25, -0.2) is 13.1 Å². The standard InChI is InChI=1S/C12H17N3O4S/c13-10-4-1-5-11(12(10)15(16)17)20(18,19)14-8-2-3-9-6-7-9/h1,4-5,9,14H,2-3,6-8,13H2. The maximum Gasteiger partial charge on any atom is 0.312 e. The molecule has 0 aromatic heterocycles. The van der Waals surface area contributed by atoms with Gasteiger partial charge >= 0.3 is 5.69 Å². The Balaban J connectivity index is 2.11. The minimum absolute atomic E-state index is 0.157. The van der Waals surface area contributed by atoms with E-state index in [-0.39, 0.29) is 17.1 Å². The molecule has 8 heteroatoms. The van der Waals surface area contributed by atoms with Crippen LogP contribution in [0.1, 0.15) is 25.7 Å². The fourth-order valence-corrected chi connectivity index (χ4v) is 3.31. The van der Waals surface area contributed by atoms with Crippen molar-refractivity contribution in [3.8, 4) is 0 Å². The highest BCUT2D eigenvalue weighted by Crippen LogP contribution is 2.33. The molecule has 1 aliphatic rings. The molecule has 1 fully saturated rings. The number of nitro benzene ring substituents is 1. The zero-order valence-electron chi connectivity index (χ0n) is 10.9. The third kappa shape index (κ3) is 3.45. The van der Waals surface area contributed by atoms with Crippen molar-refractivity contribution in [2.45, 2.75) is 30.6 Å². The average Bonchev–Trinajstić information content (AvgIpc) is 3.18. The number of sulfonamides is 1. The van der Waals surface area contributed by atoms with Crippen LogP contribution < -0.4 is 10.5 Å². The van der Waals surface area contributed by atoms with Crippen molar-refractivity contribution >= 4 is 21.4 Å². The summed E-state index contributed by atoms with van der Waals surface area (Å²) in [4.78, 5) is 9.80.